The van der Waals surface area contributed by atoms with Gasteiger partial charge in [-0.25, -0.2) is 0 Å². The van der Waals surface area contributed by atoms with Crippen LogP contribution < -0.4 is 0 Å². The van der Waals surface area contributed by atoms with Crippen LogP contribution in [0.25, 0.3) is 0 Å². The van der Waals surface area contributed by atoms with Gasteiger partial charge in [-0.15, -0.1) is 0 Å². The Kier molecular flexibility index (Phi) is 11.6. The van der Waals surface area contributed by atoms with E-state index < -0.39 is 122 Å². The largest absolute Gasteiger partial charge is 0.489 e. The summed E-state index contributed by atoms with van der Waals surface area (Å²) in [7, 11) is 0. The van der Waals surface area contributed by atoms with Gasteiger partial charge in [0.25, 0.3) is 0 Å². The monoisotopic (exact) mass is 666 g/mol. The number of ketones is 1. The van der Waals surface area contributed by atoms with Crippen molar-refractivity contribution < 1.29 is 84.3 Å². The van der Waals surface area contributed by atoms with E-state index in [1.807, 2.05) is 0 Å². The number of Topliss-reactive ketones (excluding diaryl/α,β-unsaturated/α-hetero) is 1. The van der Waals surface area contributed by atoms with Crippen LogP contribution in [-0.4, -0.2) is 169 Å². The second-order valence-electron chi connectivity index (χ2n) is 12.8. The molecule has 0 spiro atoms. The Morgan fingerprint density at radius 1 is 0.739 bits per heavy atom. The maximum atomic E-state index is 14.0. The molecular formula is C29H46O17. The molecule has 5 rings (SSSR count). The number of rotatable bonds is 9. The number of hydrogen-bond acceptors (Lipinski definition) is 17. The molecule has 3 aliphatic heterocycles. The van der Waals surface area contributed by atoms with Gasteiger partial charge >= 0.3 is 0 Å². The Morgan fingerprint density at radius 2 is 1.43 bits per heavy atom. The van der Waals surface area contributed by atoms with E-state index in [9.17, 15) is 50.8 Å². The van der Waals surface area contributed by atoms with E-state index in [2.05, 4.69) is 0 Å². The van der Waals surface area contributed by atoms with Gasteiger partial charge in [-0.2, -0.15) is 0 Å². The summed E-state index contributed by atoms with van der Waals surface area (Å²) in [6, 6.07) is 0. The lowest BCUT2D eigenvalue weighted by Crippen LogP contribution is -2.61. The zero-order valence-corrected chi connectivity index (χ0v) is 25.3. The van der Waals surface area contributed by atoms with Gasteiger partial charge in [-0.3, -0.25) is 4.79 Å². The predicted octanol–water partition coefficient (Wildman–Crippen LogP) is -4.50. The molecule has 0 aromatic carbocycles. The molecule has 0 bridgehead atoms. The smallest absolute Gasteiger partial charge is 0.229 e. The number of aliphatic hydroxyl groups is 10. The number of aliphatic hydroxyl groups excluding tert-OH is 10. The third-order valence-electron chi connectivity index (χ3n) is 9.58. The molecule has 0 radical (unpaired) electrons. The minimum absolute atomic E-state index is 0.00951. The maximum Gasteiger partial charge on any atom is 0.229 e. The van der Waals surface area contributed by atoms with Gasteiger partial charge in [-0.05, 0) is 26.2 Å². The molecule has 0 aromatic rings. The van der Waals surface area contributed by atoms with Crippen LogP contribution in [0.15, 0.2) is 11.5 Å². The molecule has 2 saturated carbocycles. The molecule has 0 aromatic heterocycles. The fourth-order valence-electron chi connectivity index (χ4n) is 6.85. The summed E-state index contributed by atoms with van der Waals surface area (Å²) < 4.78 is 34.4. The highest BCUT2D eigenvalue weighted by atomic mass is 16.7. The summed E-state index contributed by atoms with van der Waals surface area (Å²) in [5, 5.41) is 103. The van der Waals surface area contributed by atoms with E-state index in [1.165, 1.54) is 6.92 Å². The molecule has 264 valence electrons. The van der Waals surface area contributed by atoms with Crippen molar-refractivity contribution in [3.63, 3.8) is 0 Å². The maximum absolute atomic E-state index is 14.0. The number of allylic oxidation sites excluding steroid dienone is 2. The van der Waals surface area contributed by atoms with Crippen LogP contribution in [0.5, 0.6) is 0 Å². The quantitative estimate of drug-likeness (QED) is 0.111. The van der Waals surface area contributed by atoms with Crippen molar-refractivity contribution in [1.82, 2.24) is 0 Å². The molecule has 10 N–H and O–H groups in total. The van der Waals surface area contributed by atoms with Crippen LogP contribution in [0.2, 0.25) is 0 Å². The summed E-state index contributed by atoms with van der Waals surface area (Å²) in [6.45, 7) is 0.684. The van der Waals surface area contributed by atoms with Gasteiger partial charge in [0.1, 0.15) is 54.6 Å². The van der Waals surface area contributed by atoms with Gasteiger partial charge < -0.3 is 79.5 Å². The molecule has 17 atom stereocenters. The van der Waals surface area contributed by atoms with Gasteiger partial charge in [0, 0.05) is 18.8 Å². The fraction of sp³-hybridized carbons (Fsp3) is 0.897. The van der Waals surface area contributed by atoms with Gasteiger partial charge in [-0.1, -0.05) is 0 Å². The van der Waals surface area contributed by atoms with Crippen LogP contribution in [0.1, 0.15) is 39.0 Å². The molecule has 13 unspecified atom stereocenters. The van der Waals surface area contributed by atoms with E-state index in [-0.39, 0.29) is 44.7 Å². The molecule has 17 heteroatoms. The number of fused-ring (bicyclic) bond motifs is 1. The van der Waals surface area contributed by atoms with Crippen LogP contribution in [-0.2, 0) is 33.2 Å². The molecule has 3 heterocycles. The third kappa shape index (κ3) is 7.23. The normalized spacial score (nSPS) is 48.5. The minimum Gasteiger partial charge on any atom is -0.489 e. The van der Waals surface area contributed by atoms with Crippen LogP contribution in [0.4, 0.5) is 0 Å². The van der Waals surface area contributed by atoms with E-state index in [0.717, 1.165) is 0 Å². The highest BCUT2D eigenvalue weighted by Crippen LogP contribution is 2.43. The number of carbonyl (C=O) groups is 1. The Balaban J connectivity index is 1.37. The van der Waals surface area contributed by atoms with Crippen molar-refractivity contribution in [2.45, 2.75) is 131 Å². The number of hydrogen-bond donors (Lipinski definition) is 10. The second kappa shape index (κ2) is 14.9. The summed E-state index contributed by atoms with van der Waals surface area (Å²) in [5.41, 5.74) is 0. The summed E-state index contributed by atoms with van der Waals surface area (Å²) in [5.74, 6) is -2.79. The molecule has 17 nitrogen and oxygen atoms in total. The molecule has 2 aliphatic carbocycles. The molecule has 2 saturated heterocycles. The molecule has 0 amide bonds. The van der Waals surface area contributed by atoms with Gasteiger partial charge in [0.15, 0.2) is 6.29 Å². The van der Waals surface area contributed by atoms with Gasteiger partial charge in [0.2, 0.25) is 17.8 Å². The van der Waals surface area contributed by atoms with Crippen molar-refractivity contribution >= 4 is 5.78 Å². The van der Waals surface area contributed by atoms with Crippen LogP contribution in [0, 0.1) is 11.8 Å². The van der Waals surface area contributed by atoms with Crippen molar-refractivity contribution in [1.29, 1.82) is 0 Å². The Hall–Kier alpha value is -1.55. The lowest BCUT2D eigenvalue weighted by Gasteiger charge is -2.46. The van der Waals surface area contributed by atoms with E-state index in [4.69, 9.17) is 33.5 Å². The zero-order chi connectivity index (χ0) is 33.4. The molecule has 4 fully saturated rings. The summed E-state index contributed by atoms with van der Waals surface area (Å²) in [4.78, 5) is 14.0. The van der Waals surface area contributed by atoms with E-state index in [0.29, 0.717) is 6.42 Å². The number of ether oxygens (including phenoxy) is 6. The topological polar surface area (TPSA) is 275 Å². The molecular weight excluding hydrogens is 620 g/mol. The fourth-order valence-corrected chi connectivity index (χ4v) is 6.85. The van der Waals surface area contributed by atoms with Crippen molar-refractivity contribution in [3.8, 4) is 0 Å². The first-order valence-electron chi connectivity index (χ1n) is 15.7. The SMILES string of the molecule is CC1O[C@@H](OCC2O[C@@H](OC3=C(C4CCC(O)C(O)C4)OC4CC(OCCO)CC(O)C4C3=O)C(O)C(O)[C@@H]2O)C(O)C(O)[C@H]1O. The third-order valence-corrected chi connectivity index (χ3v) is 9.58. The first-order chi connectivity index (χ1) is 21.8. The Bertz CT molecular complexity index is 1070. The van der Waals surface area contributed by atoms with Crippen molar-refractivity contribution in [2.24, 2.45) is 11.8 Å². The standard InChI is InChI=1S/C29H46O17/c1-10-19(34)22(37)24(39)28(43-10)42-9-17-20(35)23(38)25(40)29(45-17)46-27-21(36)18-15(33)7-12(41-5-4-30)8-16(18)44-26(27)11-2-3-13(31)14(32)6-11/h10-20,22-25,28-35,37-40H,2-9H2,1H3/t10?,11?,12?,13?,14?,15?,16?,17?,18?,19-,20+,22?,23?,24?,25?,28+,29-/m0/s1. The highest BCUT2D eigenvalue weighted by molar-refractivity contribution is 5.97. The Labute approximate surface area is 264 Å². The van der Waals surface area contributed by atoms with Crippen LogP contribution >= 0.6 is 0 Å². The Morgan fingerprint density at radius 3 is 2.13 bits per heavy atom. The van der Waals surface area contributed by atoms with Crippen LogP contribution in [0.3, 0.4) is 0 Å². The first kappa shape index (κ1) is 35.7. The average Bonchev–Trinajstić information content (AvgIpc) is 3.02. The molecule has 5 aliphatic rings. The highest BCUT2D eigenvalue weighted by Gasteiger charge is 2.53. The lowest BCUT2D eigenvalue weighted by molar-refractivity contribution is -0.324. The minimum atomic E-state index is -1.88. The van der Waals surface area contributed by atoms with Crippen molar-refractivity contribution in [2.75, 3.05) is 19.8 Å². The lowest BCUT2D eigenvalue weighted by atomic mass is 9.75. The zero-order valence-electron chi connectivity index (χ0n) is 25.3. The predicted molar refractivity (Wildman–Crippen MR) is 148 cm³/mol. The van der Waals surface area contributed by atoms with E-state index in [1.54, 1.807) is 0 Å². The first-order valence-corrected chi connectivity index (χ1v) is 15.7. The average molecular weight is 667 g/mol. The number of carbonyl (C=O) groups excluding carboxylic acids is 1. The van der Waals surface area contributed by atoms with Crippen molar-refractivity contribution in [3.05, 3.63) is 11.5 Å². The van der Waals surface area contributed by atoms with Gasteiger partial charge in [0.05, 0.1) is 56.3 Å². The summed E-state index contributed by atoms with van der Waals surface area (Å²) >= 11 is 0. The molecule has 46 heavy (non-hydrogen) atoms. The summed E-state index contributed by atoms with van der Waals surface area (Å²) in [6.07, 6.45) is -19.6. The second-order valence-corrected chi connectivity index (χ2v) is 12.8. The van der Waals surface area contributed by atoms with E-state index >= 15 is 0 Å².